The third kappa shape index (κ3) is 5.49. The number of ether oxygens (including phenoxy) is 1. The highest BCUT2D eigenvalue weighted by Gasteiger charge is 2.22. The average Bonchev–Trinajstić information content (AvgIpc) is 2.80. The lowest BCUT2D eigenvalue weighted by molar-refractivity contribution is 0.0593. The van der Waals surface area contributed by atoms with Gasteiger partial charge in [0.05, 0.1) is 5.69 Å². The minimum Gasteiger partial charge on any atom is -0.446 e. The molecule has 1 N–H and O–H groups in total. The van der Waals surface area contributed by atoms with E-state index in [-0.39, 0.29) is 12.2 Å². The normalized spacial score (nSPS) is 14.9. The monoisotopic (exact) mass is 400 g/mol. The Morgan fingerprint density at radius 3 is 2.23 bits per heavy atom. The van der Waals surface area contributed by atoms with Crippen LogP contribution in [0.2, 0.25) is 0 Å². The van der Waals surface area contributed by atoms with Crippen LogP contribution in [0, 0.1) is 0 Å². The number of carbonyl (C=O) groups excluding carboxylic acids is 1. The Bertz CT molecular complexity index is 936. The first-order valence-electron chi connectivity index (χ1n) is 10.7. The van der Waals surface area contributed by atoms with E-state index >= 15 is 0 Å². The Morgan fingerprint density at radius 2 is 1.50 bits per heavy atom. The van der Waals surface area contributed by atoms with Crippen molar-refractivity contribution in [2.75, 3.05) is 25.0 Å². The molecule has 1 saturated heterocycles. The van der Waals surface area contributed by atoms with Crippen LogP contribution in [-0.2, 0) is 11.2 Å². The molecule has 1 heterocycles. The summed E-state index contributed by atoms with van der Waals surface area (Å²) in [5.74, 6) is 0. The molecule has 4 heteroatoms. The summed E-state index contributed by atoms with van der Waals surface area (Å²) in [5.41, 5.74) is 4.20. The summed E-state index contributed by atoms with van der Waals surface area (Å²) in [7, 11) is 0. The minimum atomic E-state index is -0.374. The van der Waals surface area contributed by atoms with E-state index in [9.17, 15) is 4.79 Å². The van der Waals surface area contributed by atoms with Gasteiger partial charge in [0.2, 0.25) is 0 Å². The number of rotatable bonds is 6. The van der Waals surface area contributed by atoms with Gasteiger partial charge in [-0.2, -0.15) is 0 Å². The van der Waals surface area contributed by atoms with Crippen molar-refractivity contribution in [2.45, 2.75) is 25.4 Å². The average molecular weight is 401 g/mol. The molecule has 0 atom stereocenters. The molecule has 0 saturated carbocycles. The molecule has 4 rings (SSSR count). The number of nitrogens with one attached hydrogen (secondary N) is 1. The number of carbonyl (C=O) groups is 1. The predicted molar refractivity (Wildman–Crippen MR) is 122 cm³/mol. The second-order valence-corrected chi connectivity index (χ2v) is 7.72. The molecule has 4 nitrogen and oxygen atoms in total. The first-order chi connectivity index (χ1) is 14.8. The van der Waals surface area contributed by atoms with Gasteiger partial charge in [-0.1, -0.05) is 78.9 Å². The van der Waals surface area contributed by atoms with Gasteiger partial charge in [-0.05, 0) is 36.5 Å². The van der Waals surface area contributed by atoms with Crippen molar-refractivity contribution in [3.05, 3.63) is 90.5 Å². The first-order valence-corrected chi connectivity index (χ1v) is 10.7. The third-order valence-electron chi connectivity index (χ3n) is 5.62. The third-order valence-corrected chi connectivity index (χ3v) is 5.62. The van der Waals surface area contributed by atoms with E-state index in [4.69, 9.17) is 4.74 Å². The fraction of sp³-hybridized carbons (Fsp3) is 0.269. The van der Waals surface area contributed by atoms with Crippen LogP contribution >= 0.6 is 0 Å². The Kier molecular flexibility index (Phi) is 6.78. The molecule has 1 amide bonds. The first kappa shape index (κ1) is 20.2. The summed E-state index contributed by atoms with van der Waals surface area (Å²) in [6.07, 6.45) is 2.41. The maximum absolute atomic E-state index is 12.5. The van der Waals surface area contributed by atoms with Crippen molar-refractivity contribution in [3.63, 3.8) is 0 Å². The van der Waals surface area contributed by atoms with Crippen LogP contribution in [0.25, 0.3) is 11.1 Å². The zero-order valence-corrected chi connectivity index (χ0v) is 17.2. The van der Waals surface area contributed by atoms with Crippen LogP contribution in [0.5, 0.6) is 0 Å². The van der Waals surface area contributed by atoms with Crippen LogP contribution in [0.1, 0.15) is 18.4 Å². The van der Waals surface area contributed by atoms with Crippen LogP contribution in [0.15, 0.2) is 84.9 Å². The lowest BCUT2D eigenvalue weighted by Gasteiger charge is -2.31. The fourth-order valence-electron chi connectivity index (χ4n) is 3.93. The molecule has 1 aliphatic rings. The van der Waals surface area contributed by atoms with Crippen LogP contribution in [0.4, 0.5) is 10.5 Å². The van der Waals surface area contributed by atoms with Crippen LogP contribution in [-0.4, -0.2) is 36.7 Å². The summed E-state index contributed by atoms with van der Waals surface area (Å²) < 4.78 is 5.72. The number of likely N-dealkylation sites (tertiary alicyclic amines) is 1. The van der Waals surface area contributed by atoms with E-state index < -0.39 is 0 Å². The summed E-state index contributed by atoms with van der Waals surface area (Å²) >= 11 is 0. The molecule has 1 fully saturated rings. The second-order valence-electron chi connectivity index (χ2n) is 7.72. The number of hydrogen-bond acceptors (Lipinski definition) is 3. The molecule has 30 heavy (non-hydrogen) atoms. The second kappa shape index (κ2) is 10.1. The Labute approximate surface area is 178 Å². The van der Waals surface area contributed by atoms with Crippen molar-refractivity contribution < 1.29 is 9.53 Å². The van der Waals surface area contributed by atoms with Gasteiger partial charge in [-0.25, -0.2) is 4.79 Å². The topological polar surface area (TPSA) is 41.6 Å². The van der Waals surface area contributed by atoms with E-state index in [2.05, 4.69) is 40.5 Å². The van der Waals surface area contributed by atoms with Gasteiger partial charge in [0.15, 0.2) is 0 Å². The summed E-state index contributed by atoms with van der Waals surface area (Å²) in [6, 6.07) is 28.5. The van der Waals surface area contributed by atoms with Gasteiger partial charge in [-0.3, -0.25) is 5.32 Å². The van der Waals surface area contributed by atoms with Crippen molar-refractivity contribution in [1.29, 1.82) is 0 Å². The number of anilines is 1. The van der Waals surface area contributed by atoms with Gasteiger partial charge in [0, 0.05) is 25.2 Å². The maximum atomic E-state index is 12.5. The highest BCUT2D eigenvalue weighted by atomic mass is 16.6. The molecule has 154 valence electrons. The Morgan fingerprint density at radius 1 is 0.867 bits per heavy atom. The number of piperidine rings is 1. The molecular formula is C26H28N2O2. The maximum Gasteiger partial charge on any atom is 0.411 e. The van der Waals surface area contributed by atoms with Crippen LogP contribution < -0.4 is 5.32 Å². The zero-order valence-electron chi connectivity index (χ0n) is 17.2. The standard InChI is InChI=1S/C26H28N2O2/c29-26(27-25-14-8-7-13-24(25)22-11-5-2-6-12-22)30-23-16-19-28(20-17-23)18-15-21-9-3-1-4-10-21/h1-14,23H,15-20H2,(H,27,29). The number of nitrogens with zero attached hydrogens (tertiary/aromatic N) is 1. The number of amides is 1. The van der Waals surface area contributed by atoms with E-state index in [0.717, 1.165) is 55.7 Å². The van der Waals surface area contributed by atoms with Gasteiger partial charge in [-0.15, -0.1) is 0 Å². The number of para-hydroxylation sites is 1. The lowest BCUT2D eigenvalue weighted by Crippen LogP contribution is -2.39. The molecule has 0 aliphatic carbocycles. The Balaban J connectivity index is 1.26. The van der Waals surface area contributed by atoms with Crippen molar-refractivity contribution in [1.82, 2.24) is 4.90 Å². The van der Waals surface area contributed by atoms with Crippen molar-refractivity contribution >= 4 is 11.8 Å². The van der Waals surface area contributed by atoms with Gasteiger partial charge >= 0.3 is 6.09 Å². The van der Waals surface area contributed by atoms with E-state index in [1.165, 1.54) is 5.56 Å². The highest BCUT2D eigenvalue weighted by molar-refractivity contribution is 5.91. The summed E-state index contributed by atoms with van der Waals surface area (Å²) in [6.45, 7) is 2.98. The quantitative estimate of drug-likeness (QED) is 0.585. The lowest BCUT2D eigenvalue weighted by atomic mass is 10.0. The predicted octanol–water partition coefficient (Wildman–Crippen LogP) is 5.61. The number of hydrogen-bond donors (Lipinski definition) is 1. The van der Waals surface area contributed by atoms with Crippen molar-refractivity contribution in [2.24, 2.45) is 0 Å². The largest absolute Gasteiger partial charge is 0.446 e. The van der Waals surface area contributed by atoms with Crippen molar-refractivity contribution in [3.8, 4) is 11.1 Å². The molecule has 0 radical (unpaired) electrons. The van der Waals surface area contributed by atoms with E-state index in [0.29, 0.717) is 0 Å². The molecule has 0 spiro atoms. The molecule has 0 aromatic heterocycles. The molecule has 3 aromatic rings. The Hall–Kier alpha value is -3.11. The molecule has 1 aliphatic heterocycles. The van der Waals surface area contributed by atoms with E-state index in [1.54, 1.807) is 0 Å². The molecule has 0 bridgehead atoms. The summed E-state index contributed by atoms with van der Waals surface area (Å²) in [4.78, 5) is 15.0. The summed E-state index contributed by atoms with van der Waals surface area (Å²) in [5, 5.41) is 2.94. The molecule has 0 unspecified atom stereocenters. The van der Waals surface area contributed by atoms with Gasteiger partial charge in [0.1, 0.15) is 6.10 Å². The van der Waals surface area contributed by atoms with E-state index in [1.807, 2.05) is 54.6 Å². The number of benzene rings is 3. The van der Waals surface area contributed by atoms with Crippen LogP contribution in [0.3, 0.4) is 0 Å². The molecule has 3 aromatic carbocycles. The van der Waals surface area contributed by atoms with Gasteiger partial charge in [0.25, 0.3) is 0 Å². The van der Waals surface area contributed by atoms with Gasteiger partial charge < -0.3 is 9.64 Å². The smallest absolute Gasteiger partial charge is 0.411 e. The SMILES string of the molecule is O=C(Nc1ccccc1-c1ccccc1)OC1CCN(CCc2ccccc2)CC1. The zero-order chi connectivity index (χ0) is 20.6. The fourth-order valence-corrected chi connectivity index (χ4v) is 3.93. The minimum absolute atomic E-state index is 0.0261. The highest BCUT2D eigenvalue weighted by Crippen LogP contribution is 2.28. The molecular weight excluding hydrogens is 372 g/mol.